The maximum absolute atomic E-state index is 9.29. The van der Waals surface area contributed by atoms with Crippen LogP contribution in [0.2, 0.25) is 0 Å². The summed E-state index contributed by atoms with van der Waals surface area (Å²) >= 11 is 0. The molecule has 2 aromatic rings. The van der Waals surface area contributed by atoms with Gasteiger partial charge in [0.05, 0.1) is 6.07 Å². The number of nitriles is 1. The van der Waals surface area contributed by atoms with Crippen LogP contribution in [0, 0.1) is 11.3 Å². The van der Waals surface area contributed by atoms with Gasteiger partial charge in [-0.15, -0.1) is 0 Å². The van der Waals surface area contributed by atoms with E-state index in [4.69, 9.17) is 4.74 Å². The second-order valence-corrected chi connectivity index (χ2v) is 5.38. The summed E-state index contributed by atoms with van der Waals surface area (Å²) in [6.45, 7) is 2.97. The minimum Gasteiger partial charge on any atom is -0.455 e. The lowest BCUT2D eigenvalue weighted by Crippen LogP contribution is -2.38. The first kappa shape index (κ1) is 14.6. The van der Waals surface area contributed by atoms with Gasteiger partial charge in [0.15, 0.2) is 12.3 Å². The monoisotopic (exact) mass is 293 g/mol. The van der Waals surface area contributed by atoms with E-state index in [1.54, 1.807) is 0 Å². The van der Waals surface area contributed by atoms with Crippen molar-refractivity contribution in [1.29, 1.82) is 5.26 Å². The summed E-state index contributed by atoms with van der Waals surface area (Å²) < 4.78 is 5.92. The number of nitrogens with one attached hydrogen (secondary N) is 1. The molecular weight excluding hydrogens is 274 g/mol. The Morgan fingerprint density at radius 1 is 1.23 bits per heavy atom. The third-order valence-corrected chi connectivity index (χ3v) is 3.81. The molecule has 2 aromatic carbocycles. The number of hydrogen-bond acceptors (Lipinski definition) is 4. The molecule has 0 saturated heterocycles. The van der Waals surface area contributed by atoms with E-state index in [1.807, 2.05) is 24.3 Å². The summed E-state index contributed by atoms with van der Waals surface area (Å²) in [5, 5.41) is 14.8. The molecule has 1 N–H and O–H groups in total. The predicted octanol–water partition coefficient (Wildman–Crippen LogP) is 3.22. The van der Waals surface area contributed by atoms with Crippen molar-refractivity contribution in [3.05, 3.63) is 48.0 Å². The molecule has 0 amide bonds. The van der Waals surface area contributed by atoms with E-state index in [-0.39, 0.29) is 6.23 Å². The predicted molar refractivity (Wildman–Crippen MR) is 87.7 cm³/mol. The van der Waals surface area contributed by atoms with Crippen molar-refractivity contribution in [3.63, 3.8) is 0 Å². The van der Waals surface area contributed by atoms with Crippen LogP contribution in [0.1, 0.15) is 25.3 Å². The zero-order chi connectivity index (χ0) is 15.4. The second-order valence-electron chi connectivity index (χ2n) is 5.38. The fraction of sp³-hybridized carbons (Fsp3) is 0.333. The molecule has 3 rings (SSSR count). The number of aliphatic imine (C=N–C) groups is 1. The van der Waals surface area contributed by atoms with Gasteiger partial charge in [0.1, 0.15) is 0 Å². The normalized spacial score (nSPS) is 20.5. The Morgan fingerprint density at radius 2 is 2.05 bits per heavy atom. The Labute approximate surface area is 130 Å². The van der Waals surface area contributed by atoms with Crippen molar-refractivity contribution in [2.75, 3.05) is 6.54 Å². The summed E-state index contributed by atoms with van der Waals surface area (Å²) in [4.78, 5) is 4.46. The largest absolute Gasteiger partial charge is 0.455 e. The molecule has 2 unspecified atom stereocenters. The molecule has 1 heterocycles. The topological polar surface area (TPSA) is 57.4 Å². The highest BCUT2D eigenvalue weighted by molar-refractivity contribution is 6.07. The summed E-state index contributed by atoms with van der Waals surface area (Å²) in [5.74, 6) is 0.553. The average Bonchev–Trinajstić information content (AvgIpc) is 2.97. The summed E-state index contributed by atoms with van der Waals surface area (Å²) in [5.41, 5.74) is 0.943. The van der Waals surface area contributed by atoms with Crippen molar-refractivity contribution in [3.8, 4) is 6.07 Å². The molecule has 0 aromatic heterocycles. The van der Waals surface area contributed by atoms with Gasteiger partial charge in [-0.1, -0.05) is 49.7 Å². The lowest BCUT2D eigenvalue weighted by atomic mass is 10.0. The van der Waals surface area contributed by atoms with Gasteiger partial charge in [-0.2, -0.15) is 5.26 Å². The third kappa shape index (κ3) is 2.81. The van der Waals surface area contributed by atoms with Crippen molar-refractivity contribution < 1.29 is 4.74 Å². The lowest BCUT2D eigenvalue weighted by Gasteiger charge is -2.15. The van der Waals surface area contributed by atoms with Crippen LogP contribution in [-0.4, -0.2) is 24.7 Å². The highest BCUT2D eigenvalue weighted by Gasteiger charge is 2.31. The van der Waals surface area contributed by atoms with E-state index in [1.165, 1.54) is 0 Å². The SMILES string of the molecule is CCCCNC1OC(c2cccc3ccccc23)=NC1C#N. The van der Waals surface area contributed by atoms with Crippen LogP contribution >= 0.6 is 0 Å². The van der Waals surface area contributed by atoms with Gasteiger partial charge >= 0.3 is 0 Å². The Balaban J connectivity index is 1.87. The molecular formula is C18H19N3O. The standard InChI is InChI=1S/C18H19N3O/c1-2-3-11-20-18-16(12-19)21-17(22-18)15-10-6-8-13-7-4-5-9-14(13)15/h4-10,16,18,20H,2-3,11H2,1H3. The molecule has 1 aliphatic heterocycles. The Morgan fingerprint density at radius 3 is 2.86 bits per heavy atom. The van der Waals surface area contributed by atoms with Gasteiger partial charge < -0.3 is 4.74 Å². The molecule has 0 saturated carbocycles. The first-order valence-electron chi connectivity index (χ1n) is 7.69. The molecule has 0 aliphatic carbocycles. The Kier molecular flexibility index (Phi) is 4.36. The Hall–Kier alpha value is -2.38. The molecule has 2 atom stereocenters. The molecule has 0 spiro atoms. The highest BCUT2D eigenvalue weighted by Crippen LogP contribution is 2.23. The molecule has 4 nitrogen and oxygen atoms in total. The number of nitrogens with zero attached hydrogens (tertiary/aromatic N) is 2. The third-order valence-electron chi connectivity index (χ3n) is 3.81. The van der Waals surface area contributed by atoms with E-state index in [2.05, 4.69) is 41.5 Å². The van der Waals surface area contributed by atoms with Gasteiger partial charge in [-0.3, -0.25) is 5.32 Å². The number of rotatable bonds is 5. The average molecular weight is 293 g/mol. The fourth-order valence-electron chi connectivity index (χ4n) is 2.63. The number of benzene rings is 2. The van der Waals surface area contributed by atoms with Crippen molar-refractivity contribution in [1.82, 2.24) is 5.32 Å². The van der Waals surface area contributed by atoms with Gasteiger partial charge in [-0.25, -0.2) is 4.99 Å². The molecule has 22 heavy (non-hydrogen) atoms. The van der Waals surface area contributed by atoms with Crippen LogP contribution < -0.4 is 5.32 Å². The molecule has 112 valence electrons. The first-order chi connectivity index (χ1) is 10.8. The van der Waals surface area contributed by atoms with E-state index in [0.29, 0.717) is 5.90 Å². The van der Waals surface area contributed by atoms with Crippen molar-refractivity contribution >= 4 is 16.7 Å². The zero-order valence-corrected chi connectivity index (χ0v) is 12.6. The zero-order valence-electron chi connectivity index (χ0n) is 12.6. The van der Waals surface area contributed by atoms with Crippen LogP contribution in [-0.2, 0) is 4.74 Å². The number of hydrogen-bond donors (Lipinski definition) is 1. The van der Waals surface area contributed by atoms with E-state index in [0.717, 1.165) is 35.7 Å². The molecule has 0 fully saturated rings. The van der Waals surface area contributed by atoms with E-state index >= 15 is 0 Å². The fourth-order valence-corrected chi connectivity index (χ4v) is 2.63. The van der Waals surface area contributed by atoms with Gasteiger partial charge in [-0.05, 0) is 29.8 Å². The molecule has 1 aliphatic rings. The maximum atomic E-state index is 9.29. The van der Waals surface area contributed by atoms with E-state index in [9.17, 15) is 5.26 Å². The van der Waals surface area contributed by atoms with Crippen LogP contribution in [0.15, 0.2) is 47.5 Å². The number of unbranched alkanes of at least 4 members (excludes halogenated alkanes) is 1. The molecule has 0 radical (unpaired) electrons. The Bertz CT molecular complexity index is 727. The van der Waals surface area contributed by atoms with E-state index < -0.39 is 6.04 Å². The molecule has 0 bridgehead atoms. The first-order valence-corrected chi connectivity index (χ1v) is 7.69. The molecule has 4 heteroatoms. The van der Waals surface area contributed by atoms with Crippen LogP contribution in [0.4, 0.5) is 0 Å². The number of ether oxygens (including phenoxy) is 1. The minimum absolute atomic E-state index is 0.356. The minimum atomic E-state index is -0.495. The van der Waals surface area contributed by atoms with Crippen LogP contribution in [0.3, 0.4) is 0 Å². The lowest BCUT2D eigenvalue weighted by molar-refractivity contribution is 0.168. The maximum Gasteiger partial charge on any atom is 0.219 e. The summed E-state index contributed by atoms with van der Waals surface area (Å²) in [6, 6.07) is 15.9. The summed E-state index contributed by atoms with van der Waals surface area (Å²) in [6.07, 6.45) is 1.81. The van der Waals surface area contributed by atoms with Crippen LogP contribution in [0.5, 0.6) is 0 Å². The van der Waals surface area contributed by atoms with Crippen LogP contribution in [0.25, 0.3) is 10.8 Å². The summed E-state index contributed by atoms with van der Waals surface area (Å²) in [7, 11) is 0. The van der Waals surface area contributed by atoms with Crippen molar-refractivity contribution in [2.24, 2.45) is 4.99 Å². The quantitative estimate of drug-likeness (QED) is 0.861. The second kappa shape index (κ2) is 6.59. The van der Waals surface area contributed by atoms with Gasteiger partial charge in [0, 0.05) is 5.56 Å². The highest BCUT2D eigenvalue weighted by atomic mass is 16.5. The van der Waals surface area contributed by atoms with Gasteiger partial charge in [0.25, 0.3) is 0 Å². The smallest absolute Gasteiger partial charge is 0.219 e. The number of fused-ring (bicyclic) bond motifs is 1. The van der Waals surface area contributed by atoms with Crippen molar-refractivity contribution in [2.45, 2.75) is 32.0 Å². The van der Waals surface area contributed by atoms with Gasteiger partial charge in [0.2, 0.25) is 5.90 Å².